The van der Waals surface area contributed by atoms with Gasteiger partial charge in [0.1, 0.15) is 0 Å². The summed E-state index contributed by atoms with van der Waals surface area (Å²) < 4.78 is 0. The highest BCUT2D eigenvalue weighted by atomic mass is 16.4. The van der Waals surface area contributed by atoms with Gasteiger partial charge in [-0.1, -0.05) is 12.8 Å². The van der Waals surface area contributed by atoms with E-state index < -0.39 is 11.4 Å². The Morgan fingerprint density at radius 1 is 1.47 bits per heavy atom. The molecule has 0 aromatic rings. The summed E-state index contributed by atoms with van der Waals surface area (Å²) >= 11 is 0. The van der Waals surface area contributed by atoms with Crippen LogP contribution in [0.1, 0.15) is 39.5 Å². The summed E-state index contributed by atoms with van der Waals surface area (Å²) in [4.78, 5) is 23.0. The molecule has 4 nitrogen and oxygen atoms in total. The molecule has 0 aromatic carbocycles. The lowest BCUT2D eigenvalue weighted by Crippen LogP contribution is -2.46. The van der Waals surface area contributed by atoms with Gasteiger partial charge in [0.15, 0.2) is 0 Å². The smallest absolute Gasteiger partial charge is 0.310 e. The van der Waals surface area contributed by atoms with Crippen LogP contribution >= 0.6 is 0 Å². The van der Waals surface area contributed by atoms with Crippen LogP contribution in [0.2, 0.25) is 0 Å². The molecule has 15 heavy (non-hydrogen) atoms. The Labute approximate surface area is 90.0 Å². The van der Waals surface area contributed by atoms with Crippen molar-refractivity contribution in [1.29, 1.82) is 0 Å². The van der Waals surface area contributed by atoms with Gasteiger partial charge in [0.25, 0.3) is 0 Å². The average Bonchev–Trinajstić information content (AvgIpc) is 2.18. The zero-order valence-electron chi connectivity index (χ0n) is 9.38. The van der Waals surface area contributed by atoms with Crippen LogP contribution in [0.15, 0.2) is 0 Å². The van der Waals surface area contributed by atoms with Crippen LogP contribution in [-0.2, 0) is 9.59 Å². The Morgan fingerprint density at radius 3 is 2.67 bits per heavy atom. The van der Waals surface area contributed by atoms with E-state index in [4.69, 9.17) is 0 Å². The number of carbonyl (C=O) groups is 2. The van der Waals surface area contributed by atoms with Crippen LogP contribution in [0.4, 0.5) is 0 Å². The van der Waals surface area contributed by atoms with E-state index in [1.54, 1.807) is 6.92 Å². The monoisotopic (exact) mass is 213 g/mol. The maximum absolute atomic E-state index is 11.7. The lowest BCUT2D eigenvalue weighted by atomic mass is 9.67. The second-order valence-corrected chi connectivity index (χ2v) is 4.42. The van der Waals surface area contributed by atoms with Gasteiger partial charge >= 0.3 is 5.97 Å². The summed E-state index contributed by atoms with van der Waals surface area (Å²) in [5.41, 5.74) is -0.877. The average molecular weight is 213 g/mol. The second kappa shape index (κ2) is 4.64. The molecule has 1 saturated carbocycles. The molecule has 0 spiro atoms. The number of hydrogen-bond acceptors (Lipinski definition) is 2. The summed E-state index contributed by atoms with van der Waals surface area (Å²) in [5.74, 6) is -1.33. The predicted molar refractivity (Wildman–Crippen MR) is 56.4 cm³/mol. The largest absolute Gasteiger partial charge is 0.481 e. The first-order valence-corrected chi connectivity index (χ1v) is 5.53. The van der Waals surface area contributed by atoms with Crippen LogP contribution in [0.5, 0.6) is 0 Å². The molecular formula is C11H19NO3. The first-order chi connectivity index (χ1) is 7.02. The Morgan fingerprint density at radius 2 is 2.13 bits per heavy atom. The van der Waals surface area contributed by atoms with Gasteiger partial charge in [-0.15, -0.1) is 0 Å². The molecule has 0 heterocycles. The van der Waals surface area contributed by atoms with Gasteiger partial charge in [0, 0.05) is 6.54 Å². The van der Waals surface area contributed by atoms with Gasteiger partial charge in [-0.05, 0) is 26.7 Å². The van der Waals surface area contributed by atoms with E-state index in [0.717, 1.165) is 12.8 Å². The highest BCUT2D eigenvalue weighted by molar-refractivity contribution is 5.87. The molecule has 1 rings (SSSR count). The first-order valence-electron chi connectivity index (χ1n) is 5.53. The van der Waals surface area contributed by atoms with Crippen LogP contribution < -0.4 is 5.32 Å². The van der Waals surface area contributed by atoms with Crippen LogP contribution in [0, 0.1) is 11.3 Å². The van der Waals surface area contributed by atoms with Gasteiger partial charge < -0.3 is 10.4 Å². The van der Waals surface area contributed by atoms with Crippen LogP contribution in [-0.4, -0.2) is 23.5 Å². The summed E-state index contributed by atoms with van der Waals surface area (Å²) in [5, 5.41) is 11.9. The fraction of sp³-hybridized carbons (Fsp3) is 0.818. The third-order valence-corrected chi connectivity index (χ3v) is 3.36. The number of hydrogen-bond donors (Lipinski definition) is 2. The predicted octanol–water partition coefficient (Wildman–Crippen LogP) is 1.40. The molecule has 1 aliphatic rings. The topological polar surface area (TPSA) is 66.4 Å². The van der Waals surface area contributed by atoms with E-state index in [2.05, 4.69) is 5.32 Å². The SMILES string of the molecule is CCNC(=O)C1CCCCC1(C)C(=O)O. The van der Waals surface area contributed by atoms with Crippen molar-refractivity contribution in [2.45, 2.75) is 39.5 Å². The minimum absolute atomic E-state index is 0.109. The Hall–Kier alpha value is -1.06. The Kier molecular flexibility index (Phi) is 3.72. The fourth-order valence-corrected chi connectivity index (χ4v) is 2.31. The van der Waals surface area contributed by atoms with Gasteiger partial charge in [0.05, 0.1) is 11.3 Å². The van der Waals surface area contributed by atoms with E-state index in [1.165, 1.54) is 0 Å². The highest BCUT2D eigenvalue weighted by Gasteiger charge is 2.46. The van der Waals surface area contributed by atoms with E-state index >= 15 is 0 Å². The number of carboxylic acids is 1. The highest BCUT2D eigenvalue weighted by Crippen LogP contribution is 2.41. The third-order valence-electron chi connectivity index (χ3n) is 3.36. The minimum Gasteiger partial charge on any atom is -0.481 e. The maximum atomic E-state index is 11.7. The maximum Gasteiger partial charge on any atom is 0.310 e. The van der Waals surface area contributed by atoms with E-state index in [-0.39, 0.29) is 11.8 Å². The zero-order chi connectivity index (χ0) is 11.5. The molecular weight excluding hydrogens is 194 g/mol. The summed E-state index contributed by atoms with van der Waals surface area (Å²) in [7, 11) is 0. The molecule has 0 aromatic heterocycles. The quantitative estimate of drug-likeness (QED) is 0.744. The number of amides is 1. The lowest BCUT2D eigenvalue weighted by Gasteiger charge is -2.36. The second-order valence-electron chi connectivity index (χ2n) is 4.42. The zero-order valence-corrected chi connectivity index (χ0v) is 9.38. The molecule has 0 bridgehead atoms. The number of carboxylic acid groups (broad SMARTS) is 1. The molecule has 1 aliphatic carbocycles. The summed E-state index contributed by atoms with van der Waals surface area (Å²) in [6.07, 6.45) is 3.14. The van der Waals surface area contributed by atoms with Crippen molar-refractivity contribution >= 4 is 11.9 Å². The van der Waals surface area contributed by atoms with E-state index in [1.807, 2.05) is 6.92 Å². The molecule has 1 fully saturated rings. The van der Waals surface area contributed by atoms with Gasteiger partial charge in [-0.3, -0.25) is 9.59 Å². The molecule has 86 valence electrons. The summed E-state index contributed by atoms with van der Waals surface area (Å²) in [6.45, 7) is 4.10. The van der Waals surface area contributed by atoms with Crippen molar-refractivity contribution in [3.63, 3.8) is 0 Å². The van der Waals surface area contributed by atoms with Gasteiger partial charge in [0.2, 0.25) is 5.91 Å². The molecule has 0 aliphatic heterocycles. The Balaban J connectivity index is 2.82. The summed E-state index contributed by atoms with van der Waals surface area (Å²) in [6, 6.07) is 0. The van der Waals surface area contributed by atoms with Crippen molar-refractivity contribution in [3.05, 3.63) is 0 Å². The molecule has 2 unspecified atom stereocenters. The first kappa shape index (κ1) is 12.0. The van der Waals surface area contributed by atoms with Crippen molar-refractivity contribution in [3.8, 4) is 0 Å². The van der Waals surface area contributed by atoms with Crippen LogP contribution in [0.25, 0.3) is 0 Å². The van der Waals surface area contributed by atoms with Crippen LogP contribution in [0.3, 0.4) is 0 Å². The van der Waals surface area contributed by atoms with Crippen molar-refractivity contribution < 1.29 is 14.7 Å². The van der Waals surface area contributed by atoms with E-state index in [0.29, 0.717) is 19.4 Å². The minimum atomic E-state index is -0.877. The molecule has 2 N–H and O–H groups in total. The van der Waals surface area contributed by atoms with Crippen molar-refractivity contribution in [2.75, 3.05) is 6.54 Å². The molecule has 1 amide bonds. The number of carbonyl (C=O) groups excluding carboxylic acids is 1. The van der Waals surface area contributed by atoms with E-state index in [9.17, 15) is 14.7 Å². The van der Waals surface area contributed by atoms with Crippen molar-refractivity contribution in [1.82, 2.24) is 5.32 Å². The molecule has 4 heteroatoms. The van der Waals surface area contributed by atoms with Crippen molar-refractivity contribution in [2.24, 2.45) is 11.3 Å². The number of nitrogens with one attached hydrogen (secondary N) is 1. The number of aliphatic carboxylic acids is 1. The molecule has 0 radical (unpaired) electrons. The fourth-order valence-electron chi connectivity index (χ4n) is 2.31. The molecule has 0 saturated heterocycles. The third kappa shape index (κ3) is 2.30. The standard InChI is InChI=1S/C11H19NO3/c1-3-12-9(13)8-6-4-5-7-11(8,2)10(14)15/h8H,3-7H2,1-2H3,(H,12,13)(H,14,15). The lowest BCUT2D eigenvalue weighted by molar-refractivity contribution is -0.158. The Bertz CT molecular complexity index is 265. The molecule has 2 atom stereocenters. The van der Waals surface area contributed by atoms with Gasteiger partial charge in [-0.25, -0.2) is 0 Å². The number of rotatable bonds is 3. The normalized spacial score (nSPS) is 30.9. The van der Waals surface area contributed by atoms with Gasteiger partial charge in [-0.2, -0.15) is 0 Å².